The van der Waals surface area contributed by atoms with Crippen LogP contribution in [0.15, 0.2) is 47.4 Å². The number of anilines is 1. The molecule has 7 nitrogen and oxygen atoms in total. The second kappa shape index (κ2) is 7.89. The van der Waals surface area contributed by atoms with Gasteiger partial charge in [-0.2, -0.15) is 0 Å². The average molecular weight is 388 g/mol. The van der Waals surface area contributed by atoms with Gasteiger partial charge in [-0.1, -0.05) is 12.1 Å². The molecule has 142 valence electrons. The normalized spacial score (nSPS) is 14.0. The zero-order valence-electron chi connectivity index (χ0n) is 14.8. The summed E-state index contributed by atoms with van der Waals surface area (Å²) in [5.74, 6) is -0.503. The summed E-state index contributed by atoms with van der Waals surface area (Å²) in [6.07, 6.45) is 1.76. The molecule has 2 N–H and O–H groups in total. The van der Waals surface area contributed by atoms with Crippen molar-refractivity contribution < 1.29 is 22.7 Å². The molecule has 0 unspecified atom stereocenters. The summed E-state index contributed by atoms with van der Waals surface area (Å²) in [5, 5.41) is 2.79. The number of methoxy groups -OCH3 is 1. The molecule has 2 aromatic carbocycles. The lowest BCUT2D eigenvalue weighted by Crippen LogP contribution is -2.23. The Labute approximate surface area is 157 Å². The maximum Gasteiger partial charge on any atom is 0.337 e. The summed E-state index contributed by atoms with van der Waals surface area (Å²) in [6.45, 7) is 0.0948. The Morgan fingerprint density at radius 1 is 1.15 bits per heavy atom. The lowest BCUT2D eigenvalue weighted by Gasteiger charge is -2.11. The van der Waals surface area contributed by atoms with Crippen LogP contribution in [0, 0.1) is 0 Å². The van der Waals surface area contributed by atoms with E-state index in [1.54, 1.807) is 36.4 Å². The average Bonchev–Trinajstić information content (AvgIpc) is 2.86. The van der Waals surface area contributed by atoms with E-state index in [0.29, 0.717) is 36.1 Å². The molecular weight excluding hydrogens is 368 g/mol. The summed E-state index contributed by atoms with van der Waals surface area (Å²) < 4.78 is 32.4. The highest BCUT2D eigenvalue weighted by Crippen LogP contribution is 2.25. The summed E-state index contributed by atoms with van der Waals surface area (Å²) in [7, 11) is -2.40. The van der Waals surface area contributed by atoms with E-state index in [9.17, 15) is 18.0 Å². The lowest BCUT2D eigenvalue weighted by molar-refractivity contribution is -0.116. The fourth-order valence-electron chi connectivity index (χ4n) is 2.86. The largest absolute Gasteiger partial charge is 0.465 e. The van der Waals surface area contributed by atoms with Gasteiger partial charge in [-0.3, -0.25) is 4.79 Å². The van der Waals surface area contributed by atoms with Crippen LogP contribution >= 0.6 is 0 Å². The number of amides is 1. The SMILES string of the molecule is COC(=O)c1ccc(CNS(=O)(=O)c2ccc3c(c2)CCCC(=O)N3)cc1. The van der Waals surface area contributed by atoms with E-state index in [1.807, 2.05) is 0 Å². The Bertz CT molecular complexity index is 968. The maximum atomic E-state index is 12.6. The molecule has 1 amide bonds. The monoisotopic (exact) mass is 388 g/mol. The third-order valence-corrected chi connectivity index (χ3v) is 5.75. The smallest absolute Gasteiger partial charge is 0.337 e. The molecule has 0 aliphatic carbocycles. The highest BCUT2D eigenvalue weighted by Gasteiger charge is 2.18. The van der Waals surface area contributed by atoms with Gasteiger partial charge in [-0.05, 0) is 54.3 Å². The van der Waals surface area contributed by atoms with E-state index >= 15 is 0 Å². The Hall–Kier alpha value is -2.71. The molecule has 0 bridgehead atoms. The number of rotatable bonds is 5. The highest BCUT2D eigenvalue weighted by molar-refractivity contribution is 7.89. The molecular formula is C19H20N2O5S. The van der Waals surface area contributed by atoms with Gasteiger partial charge in [-0.25, -0.2) is 17.9 Å². The van der Waals surface area contributed by atoms with Crippen molar-refractivity contribution in [1.29, 1.82) is 0 Å². The van der Waals surface area contributed by atoms with Crippen molar-refractivity contribution >= 4 is 27.6 Å². The topological polar surface area (TPSA) is 102 Å². The van der Waals surface area contributed by atoms with Crippen molar-refractivity contribution in [2.24, 2.45) is 0 Å². The van der Waals surface area contributed by atoms with Gasteiger partial charge in [0.2, 0.25) is 15.9 Å². The Morgan fingerprint density at radius 3 is 2.59 bits per heavy atom. The third-order valence-electron chi connectivity index (χ3n) is 4.35. The number of hydrogen-bond acceptors (Lipinski definition) is 5. The van der Waals surface area contributed by atoms with Crippen LogP contribution in [-0.2, 0) is 32.5 Å². The lowest BCUT2D eigenvalue weighted by atomic mass is 10.1. The quantitative estimate of drug-likeness (QED) is 0.765. The molecule has 27 heavy (non-hydrogen) atoms. The van der Waals surface area contributed by atoms with E-state index in [-0.39, 0.29) is 17.3 Å². The summed E-state index contributed by atoms with van der Waals surface area (Å²) in [4.78, 5) is 23.2. The van der Waals surface area contributed by atoms with E-state index in [0.717, 1.165) is 5.56 Å². The predicted molar refractivity (Wildman–Crippen MR) is 99.8 cm³/mol. The van der Waals surface area contributed by atoms with Crippen molar-refractivity contribution in [3.8, 4) is 0 Å². The van der Waals surface area contributed by atoms with E-state index < -0.39 is 16.0 Å². The molecule has 8 heteroatoms. The summed E-state index contributed by atoms with van der Waals surface area (Å²) >= 11 is 0. The standard InChI is InChI=1S/C19H20N2O5S/c1-26-19(23)14-7-5-13(6-8-14)12-20-27(24,25)16-9-10-17-15(11-16)3-2-4-18(22)21-17/h5-11,20H,2-4,12H2,1H3,(H,21,22). The first-order valence-electron chi connectivity index (χ1n) is 8.49. The number of carbonyl (C=O) groups is 2. The van der Waals surface area contributed by atoms with Gasteiger partial charge in [0.25, 0.3) is 0 Å². The van der Waals surface area contributed by atoms with Gasteiger partial charge >= 0.3 is 5.97 Å². The van der Waals surface area contributed by atoms with E-state index in [1.165, 1.54) is 13.2 Å². The van der Waals surface area contributed by atoms with E-state index in [4.69, 9.17) is 0 Å². The van der Waals surface area contributed by atoms with Crippen LogP contribution in [0.5, 0.6) is 0 Å². The van der Waals surface area contributed by atoms with Crippen LogP contribution in [-0.4, -0.2) is 27.4 Å². The number of ether oxygens (including phenoxy) is 1. The third kappa shape index (κ3) is 4.53. The number of sulfonamides is 1. The van der Waals surface area contributed by atoms with Gasteiger partial charge in [0, 0.05) is 18.7 Å². The molecule has 2 aromatic rings. The molecule has 1 aliphatic heterocycles. The Kier molecular flexibility index (Phi) is 5.57. The molecule has 0 saturated carbocycles. The van der Waals surface area contributed by atoms with Gasteiger partial charge < -0.3 is 10.1 Å². The number of benzene rings is 2. The molecule has 1 aliphatic rings. The van der Waals surface area contributed by atoms with Crippen LogP contribution in [0.4, 0.5) is 5.69 Å². The second-order valence-electron chi connectivity index (χ2n) is 6.23. The Balaban J connectivity index is 1.72. The number of aryl methyl sites for hydroxylation is 1. The first kappa shape index (κ1) is 19.1. The van der Waals surface area contributed by atoms with Crippen LogP contribution in [0.2, 0.25) is 0 Å². The molecule has 0 spiro atoms. The van der Waals surface area contributed by atoms with Crippen molar-refractivity contribution in [2.45, 2.75) is 30.7 Å². The van der Waals surface area contributed by atoms with Crippen LogP contribution in [0.1, 0.15) is 34.3 Å². The first-order valence-corrected chi connectivity index (χ1v) is 9.97. The van der Waals surface area contributed by atoms with Crippen molar-refractivity contribution in [3.05, 3.63) is 59.2 Å². The number of nitrogens with one attached hydrogen (secondary N) is 2. The maximum absolute atomic E-state index is 12.6. The molecule has 0 saturated heterocycles. The van der Waals surface area contributed by atoms with Gasteiger partial charge in [-0.15, -0.1) is 0 Å². The highest BCUT2D eigenvalue weighted by atomic mass is 32.2. The molecule has 3 rings (SSSR count). The Morgan fingerprint density at radius 2 is 1.89 bits per heavy atom. The fraction of sp³-hybridized carbons (Fsp3) is 0.263. The van der Waals surface area contributed by atoms with Crippen LogP contribution in [0.3, 0.4) is 0 Å². The zero-order chi connectivity index (χ0) is 19.4. The number of hydrogen-bond donors (Lipinski definition) is 2. The van der Waals surface area contributed by atoms with E-state index in [2.05, 4.69) is 14.8 Å². The number of carbonyl (C=O) groups excluding carboxylic acids is 2. The molecule has 0 atom stereocenters. The van der Waals surface area contributed by atoms with Crippen LogP contribution < -0.4 is 10.0 Å². The summed E-state index contributed by atoms with van der Waals surface area (Å²) in [5.41, 5.74) is 2.59. The van der Waals surface area contributed by atoms with Crippen molar-refractivity contribution in [2.75, 3.05) is 12.4 Å². The number of esters is 1. The number of fused-ring (bicyclic) bond motifs is 1. The van der Waals surface area contributed by atoms with Crippen molar-refractivity contribution in [1.82, 2.24) is 4.72 Å². The molecule has 0 aromatic heterocycles. The summed E-state index contributed by atoms with van der Waals surface area (Å²) in [6, 6.07) is 11.2. The predicted octanol–water partition coefficient (Wildman–Crippen LogP) is 2.23. The van der Waals surface area contributed by atoms with Gasteiger partial charge in [0.1, 0.15) is 0 Å². The molecule has 0 radical (unpaired) electrons. The molecule has 1 heterocycles. The zero-order valence-corrected chi connectivity index (χ0v) is 15.6. The van der Waals surface area contributed by atoms with Crippen molar-refractivity contribution in [3.63, 3.8) is 0 Å². The minimum Gasteiger partial charge on any atom is -0.465 e. The van der Waals surface area contributed by atoms with Crippen LogP contribution in [0.25, 0.3) is 0 Å². The second-order valence-corrected chi connectivity index (χ2v) is 8.00. The fourth-order valence-corrected chi connectivity index (χ4v) is 3.92. The minimum absolute atomic E-state index is 0.0575. The molecule has 0 fully saturated rings. The first-order chi connectivity index (χ1) is 12.9. The van der Waals surface area contributed by atoms with Gasteiger partial charge in [0.15, 0.2) is 0 Å². The van der Waals surface area contributed by atoms with Gasteiger partial charge in [0.05, 0.1) is 17.6 Å². The minimum atomic E-state index is -3.70.